The van der Waals surface area contributed by atoms with Crippen LogP contribution in [0.5, 0.6) is 0 Å². The second-order valence-corrected chi connectivity index (χ2v) is 5.70. The molecule has 0 radical (unpaired) electrons. The maximum atomic E-state index is 12.8. The quantitative estimate of drug-likeness (QED) is 0.844. The molecule has 0 bridgehead atoms. The topological polar surface area (TPSA) is 32.3 Å². The first-order chi connectivity index (χ1) is 9.79. The summed E-state index contributed by atoms with van der Waals surface area (Å²) in [6.45, 7) is 2.07. The molecule has 0 spiro atoms. The largest absolute Gasteiger partial charge is 0.330 e. The normalized spacial score (nSPS) is 20.9. The van der Waals surface area contributed by atoms with E-state index in [2.05, 4.69) is 23.4 Å². The molecule has 1 heterocycles. The van der Waals surface area contributed by atoms with Crippen LogP contribution in [0.3, 0.4) is 0 Å². The summed E-state index contributed by atoms with van der Waals surface area (Å²) in [4.78, 5) is 14.6. The third-order valence-corrected chi connectivity index (χ3v) is 4.13. The maximum absolute atomic E-state index is 12.8. The lowest BCUT2D eigenvalue weighted by Gasteiger charge is -2.30. The Bertz CT molecular complexity index is 542. The maximum Gasteiger partial charge on any atom is 0.245 e. The minimum absolute atomic E-state index is 0.127. The molecule has 1 fully saturated rings. The second-order valence-electron chi connectivity index (χ2n) is 5.70. The van der Waals surface area contributed by atoms with Gasteiger partial charge in [-0.2, -0.15) is 0 Å². The molecule has 1 atom stereocenters. The highest BCUT2D eigenvalue weighted by Gasteiger charge is 2.32. The zero-order chi connectivity index (χ0) is 13.9. The van der Waals surface area contributed by atoms with Crippen molar-refractivity contribution in [2.24, 2.45) is 5.92 Å². The van der Waals surface area contributed by atoms with Crippen molar-refractivity contribution in [3.8, 4) is 12.3 Å². The minimum Gasteiger partial charge on any atom is -0.330 e. The first-order valence-corrected chi connectivity index (χ1v) is 7.33. The van der Waals surface area contributed by atoms with Gasteiger partial charge in [-0.15, -0.1) is 6.42 Å². The number of terminal acetylenes is 1. The highest BCUT2D eigenvalue weighted by Crippen LogP contribution is 2.31. The van der Waals surface area contributed by atoms with Crippen LogP contribution in [0.4, 0.5) is 0 Å². The van der Waals surface area contributed by atoms with Crippen LogP contribution in [0.25, 0.3) is 0 Å². The number of carbonyl (C=O) groups is 1. The zero-order valence-electron chi connectivity index (χ0n) is 11.6. The van der Waals surface area contributed by atoms with E-state index in [1.807, 2.05) is 17.0 Å². The van der Waals surface area contributed by atoms with Gasteiger partial charge in [-0.25, -0.2) is 0 Å². The predicted molar refractivity (Wildman–Crippen MR) is 79.0 cm³/mol. The molecule has 104 valence electrons. The lowest BCUT2D eigenvalue weighted by atomic mass is 9.93. The number of benzene rings is 1. The van der Waals surface area contributed by atoms with E-state index in [1.54, 1.807) is 0 Å². The smallest absolute Gasteiger partial charge is 0.245 e. The van der Waals surface area contributed by atoms with Crippen molar-refractivity contribution in [1.29, 1.82) is 0 Å². The molecule has 1 aliphatic carbocycles. The summed E-state index contributed by atoms with van der Waals surface area (Å²) in [6, 6.07) is 7.97. The fraction of sp³-hybridized carbons (Fsp3) is 0.471. The first kappa shape index (κ1) is 13.2. The van der Waals surface area contributed by atoms with Crippen LogP contribution in [-0.2, 0) is 11.2 Å². The number of fused-ring (bicyclic) bond motifs is 1. The van der Waals surface area contributed by atoms with Gasteiger partial charge in [0.15, 0.2) is 0 Å². The van der Waals surface area contributed by atoms with Gasteiger partial charge >= 0.3 is 0 Å². The van der Waals surface area contributed by atoms with Gasteiger partial charge in [-0.3, -0.25) is 4.79 Å². The lowest BCUT2D eigenvalue weighted by Crippen LogP contribution is -2.44. The van der Waals surface area contributed by atoms with E-state index in [4.69, 9.17) is 6.42 Å². The van der Waals surface area contributed by atoms with Crippen LogP contribution in [0, 0.1) is 18.3 Å². The predicted octanol–water partition coefficient (Wildman–Crippen LogP) is 1.75. The third kappa shape index (κ3) is 2.71. The molecule has 3 rings (SSSR count). The number of hydrogen-bond donors (Lipinski definition) is 1. The molecular weight excluding hydrogens is 248 g/mol. The number of nitrogens with one attached hydrogen (secondary N) is 1. The summed E-state index contributed by atoms with van der Waals surface area (Å²) < 4.78 is 0. The van der Waals surface area contributed by atoms with E-state index in [9.17, 15) is 4.79 Å². The minimum atomic E-state index is -0.230. The molecule has 1 saturated carbocycles. The van der Waals surface area contributed by atoms with Crippen LogP contribution >= 0.6 is 0 Å². The Balaban J connectivity index is 1.80. The Morgan fingerprint density at radius 3 is 2.95 bits per heavy atom. The highest BCUT2D eigenvalue weighted by atomic mass is 16.2. The van der Waals surface area contributed by atoms with E-state index >= 15 is 0 Å². The summed E-state index contributed by atoms with van der Waals surface area (Å²) in [7, 11) is 0. The summed E-state index contributed by atoms with van der Waals surface area (Å²) in [5, 5.41) is 3.35. The molecule has 3 heteroatoms. The van der Waals surface area contributed by atoms with Gasteiger partial charge in [0.05, 0.1) is 6.54 Å². The number of carbonyl (C=O) groups excluding carboxylic acids is 1. The molecule has 3 nitrogen and oxygen atoms in total. The van der Waals surface area contributed by atoms with E-state index in [0.717, 1.165) is 25.1 Å². The molecule has 1 unspecified atom stereocenters. The van der Waals surface area contributed by atoms with Crippen molar-refractivity contribution in [2.45, 2.75) is 25.3 Å². The Labute approximate surface area is 120 Å². The van der Waals surface area contributed by atoms with Crippen LogP contribution in [0.1, 0.15) is 30.0 Å². The van der Waals surface area contributed by atoms with E-state index in [-0.39, 0.29) is 11.9 Å². The Hall–Kier alpha value is -1.79. The lowest BCUT2D eigenvalue weighted by molar-refractivity contribution is -0.133. The molecular formula is C17H20N2O. The van der Waals surface area contributed by atoms with Crippen LogP contribution < -0.4 is 5.32 Å². The van der Waals surface area contributed by atoms with Gasteiger partial charge in [0.2, 0.25) is 5.91 Å². The van der Waals surface area contributed by atoms with Crippen LogP contribution in [0.2, 0.25) is 0 Å². The average molecular weight is 268 g/mol. The van der Waals surface area contributed by atoms with Crippen molar-refractivity contribution in [2.75, 3.05) is 19.6 Å². The number of amides is 1. The van der Waals surface area contributed by atoms with Gasteiger partial charge in [0, 0.05) is 13.1 Å². The molecule has 20 heavy (non-hydrogen) atoms. The number of rotatable bonds is 4. The van der Waals surface area contributed by atoms with Crippen molar-refractivity contribution < 1.29 is 4.79 Å². The SMILES string of the molecule is C#CCN(CC1CC1)C(=O)C1NCCc2ccccc21. The molecule has 0 aromatic heterocycles. The Morgan fingerprint density at radius 1 is 1.40 bits per heavy atom. The van der Waals surface area contributed by atoms with Gasteiger partial charge in [0.1, 0.15) is 6.04 Å². The van der Waals surface area contributed by atoms with Crippen LogP contribution in [-0.4, -0.2) is 30.4 Å². The van der Waals surface area contributed by atoms with Crippen molar-refractivity contribution in [1.82, 2.24) is 10.2 Å². The van der Waals surface area contributed by atoms with Crippen molar-refractivity contribution in [3.63, 3.8) is 0 Å². The van der Waals surface area contributed by atoms with E-state index < -0.39 is 0 Å². The summed E-state index contributed by atoms with van der Waals surface area (Å²) in [5.41, 5.74) is 2.39. The molecule has 2 aliphatic rings. The molecule has 1 aromatic rings. The monoisotopic (exact) mass is 268 g/mol. The molecule has 1 amide bonds. The average Bonchev–Trinajstić information content (AvgIpc) is 3.29. The first-order valence-electron chi connectivity index (χ1n) is 7.33. The second kappa shape index (κ2) is 5.68. The summed E-state index contributed by atoms with van der Waals surface area (Å²) in [5.74, 6) is 3.41. The van der Waals surface area contributed by atoms with Gasteiger partial charge < -0.3 is 10.2 Å². The third-order valence-electron chi connectivity index (χ3n) is 4.13. The molecule has 1 aliphatic heterocycles. The fourth-order valence-electron chi connectivity index (χ4n) is 2.86. The van der Waals surface area contributed by atoms with Crippen LogP contribution in [0.15, 0.2) is 24.3 Å². The fourth-order valence-corrected chi connectivity index (χ4v) is 2.86. The number of hydrogen-bond acceptors (Lipinski definition) is 2. The van der Waals surface area contributed by atoms with Crippen molar-refractivity contribution >= 4 is 5.91 Å². The molecule has 0 saturated heterocycles. The zero-order valence-corrected chi connectivity index (χ0v) is 11.6. The standard InChI is InChI=1S/C17H20N2O/c1-2-11-19(12-13-7-8-13)17(20)16-15-6-4-3-5-14(15)9-10-18-16/h1,3-6,13,16,18H,7-12H2. The van der Waals surface area contributed by atoms with Crippen molar-refractivity contribution in [3.05, 3.63) is 35.4 Å². The Kier molecular flexibility index (Phi) is 3.75. The number of nitrogens with zero attached hydrogens (tertiary/aromatic N) is 1. The van der Waals surface area contributed by atoms with Gasteiger partial charge in [-0.05, 0) is 36.3 Å². The van der Waals surface area contributed by atoms with Gasteiger partial charge in [0.25, 0.3) is 0 Å². The van der Waals surface area contributed by atoms with Gasteiger partial charge in [-0.1, -0.05) is 30.2 Å². The summed E-state index contributed by atoms with van der Waals surface area (Å²) >= 11 is 0. The Morgan fingerprint density at radius 2 is 2.20 bits per heavy atom. The summed E-state index contributed by atoms with van der Waals surface area (Å²) in [6.07, 6.45) is 8.86. The van der Waals surface area contributed by atoms with E-state index in [0.29, 0.717) is 12.5 Å². The molecule has 1 aromatic carbocycles. The van der Waals surface area contributed by atoms with E-state index in [1.165, 1.54) is 18.4 Å². The molecule has 1 N–H and O–H groups in total. The highest BCUT2D eigenvalue weighted by molar-refractivity contribution is 5.84.